The van der Waals surface area contributed by atoms with Gasteiger partial charge in [-0.3, -0.25) is 14.9 Å². The van der Waals surface area contributed by atoms with Crippen LogP contribution >= 0.6 is 0 Å². The Hall–Kier alpha value is -1.64. The van der Waals surface area contributed by atoms with Crippen molar-refractivity contribution in [2.24, 2.45) is 5.92 Å². The van der Waals surface area contributed by atoms with Crippen LogP contribution in [0.15, 0.2) is 18.2 Å². The van der Waals surface area contributed by atoms with Crippen LogP contribution in [-0.2, 0) is 16.0 Å². The number of carbonyl (C=O) groups is 2. The normalized spacial score (nSPS) is 20.2. The Labute approximate surface area is 101 Å². The summed E-state index contributed by atoms with van der Waals surface area (Å²) in [5, 5.41) is 2.40. The van der Waals surface area contributed by atoms with Gasteiger partial charge < -0.3 is 0 Å². The lowest BCUT2D eigenvalue weighted by Gasteiger charge is -2.21. The van der Waals surface area contributed by atoms with Crippen LogP contribution in [0.4, 0.5) is 0 Å². The lowest BCUT2D eigenvalue weighted by atomic mass is 9.89. The number of amides is 2. The Morgan fingerprint density at radius 2 is 2.06 bits per heavy atom. The maximum atomic E-state index is 11.7. The third-order valence-electron chi connectivity index (χ3n) is 3.32. The molecule has 3 nitrogen and oxygen atoms in total. The molecule has 0 bridgehead atoms. The Morgan fingerprint density at radius 1 is 1.29 bits per heavy atom. The van der Waals surface area contributed by atoms with E-state index in [0.29, 0.717) is 12.8 Å². The number of aryl methyl sites for hydroxylation is 2. The molecule has 1 N–H and O–H groups in total. The molecule has 1 aromatic rings. The fraction of sp³-hybridized carbons (Fsp3) is 0.429. The number of hydrogen-bond donors (Lipinski definition) is 1. The molecule has 1 fully saturated rings. The van der Waals surface area contributed by atoms with Gasteiger partial charge in [0.25, 0.3) is 0 Å². The number of imide groups is 1. The van der Waals surface area contributed by atoms with Crippen LogP contribution in [0.3, 0.4) is 0 Å². The van der Waals surface area contributed by atoms with Gasteiger partial charge in [0.05, 0.1) is 0 Å². The van der Waals surface area contributed by atoms with E-state index in [1.165, 1.54) is 16.7 Å². The van der Waals surface area contributed by atoms with Gasteiger partial charge in [0.2, 0.25) is 11.8 Å². The summed E-state index contributed by atoms with van der Waals surface area (Å²) in [7, 11) is 0. The van der Waals surface area contributed by atoms with Gasteiger partial charge in [-0.15, -0.1) is 0 Å². The SMILES string of the molecule is Cc1ccc(CC2CCC(=O)NC2=O)c(C)c1. The molecule has 0 aromatic heterocycles. The molecule has 1 aliphatic rings. The number of benzene rings is 1. The highest BCUT2D eigenvalue weighted by atomic mass is 16.2. The largest absolute Gasteiger partial charge is 0.296 e. The zero-order chi connectivity index (χ0) is 12.4. The molecule has 1 aromatic carbocycles. The lowest BCUT2D eigenvalue weighted by molar-refractivity contribution is -0.136. The van der Waals surface area contributed by atoms with Crippen LogP contribution in [0.25, 0.3) is 0 Å². The van der Waals surface area contributed by atoms with Crippen molar-refractivity contribution >= 4 is 11.8 Å². The van der Waals surface area contributed by atoms with Crippen molar-refractivity contribution in [2.45, 2.75) is 33.1 Å². The molecule has 1 atom stereocenters. The van der Waals surface area contributed by atoms with Crippen molar-refractivity contribution < 1.29 is 9.59 Å². The quantitative estimate of drug-likeness (QED) is 0.790. The number of piperidine rings is 1. The molecule has 1 unspecified atom stereocenters. The number of hydrogen-bond acceptors (Lipinski definition) is 2. The van der Waals surface area contributed by atoms with E-state index in [-0.39, 0.29) is 17.7 Å². The predicted molar refractivity (Wildman–Crippen MR) is 65.5 cm³/mol. The minimum Gasteiger partial charge on any atom is -0.296 e. The molecule has 90 valence electrons. The van der Waals surface area contributed by atoms with E-state index in [2.05, 4.69) is 37.4 Å². The molecule has 3 heteroatoms. The highest BCUT2D eigenvalue weighted by Gasteiger charge is 2.26. The summed E-state index contributed by atoms with van der Waals surface area (Å²) in [6, 6.07) is 6.27. The van der Waals surface area contributed by atoms with E-state index in [1.807, 2.05) is 0 Å². The summed E-state index contributed by atoms with van der Waals surface area (Å²) in [6.45, 7) is 4.12. The van der Waals surface area contributed by atoms with Crippen molar-refractivity contribution in [1.82, 2.24) is 5.32 Å². The average molecular weight is 231 g/mol. The zero-order valence-corrected chi connectivity index (χ0v) is 10.2. The Morgan fingerprint density at radius 3 is 2.71 bits per heavy atom. The van der Waals surface area contributed by atoms with Crippen molar-refractivity contribution in [3.8, 4) is 0 Å². The van der Waals surface area contributed by atoms with E-state index >= 15 is 0 Å². The number of rotatable bonds is 2. The summed E-state index contributed by atoms with van der Waals surface area (Å²) in [5.41, 5.74) is 3.65. The highest BCUT2D eigenvalue weighted by Crippen LogP contribution is 2.20. The maximum absolute atomic E-state index is 11.7. The second-order valence-electron chi connectivity index (χ2n) is 4.78. The first-order valence-corrected chi connectivity index (χ1v) is 5.96. The standard InChI is InChI=1S/C14H17NO2/c1-9-3-4-11(10(2)7-9)8-12-5-6-13(16)15-14(12)17/h3-4,7,12H,5-6,8H2,1-2H3,(H,15,16,17). The van der Waals surface area contributed by atoms with Gasteiger partial charge in [0, 0.05) is 12.3 Å². The molecule has 0 aliphatic carbocycles. The monoisotopic (exact) mass is 231 g/mol. The Kier molecular flexibility index (Phi) is 3.27. The van der Waals surface area contributed by atoms with Crippen LogP contribution in [0, 0.1) is 19.8 Å². The van der Waals surface area contributed by atoms with E-state index in [4.69, 9.17) is 0 Å². The van der Waals surface area contributed by atoms with Crippen LogP contribution in [-0.4, -0.2) is 11.8 Å². The van der Waals surface area contributed by atoms with Gasteiger partial charge in [0.1, 0.15) is 0 Å². The molecule has 2 rings (SSSR count). The maximum Gasteiger partial charge on any atom is 0.230 e. The molecular weight excluding hydrogens is 214 g/mol. The lowest BCUT2D eigenvalue weighted by Crippen LogP contribution is -2.41. The second kappa shape index (κ2) is 4.70. The van der Waals surface area contributed by atoms with Crippen molar-refractivity contribution in [2.75, 3.05) is 0 Å². The highest BCUT2D eigenvalue weighted by molar-refractivity contribution is 5.98. The van der Waals surface area contributed by atoms with Gasteiger partial charge >= 0.3 is 0 Å². The minimum absolute atomic E-state index is 0.0610. The van der Waals surface area contributed by atoms with Gasteiger partial charge in [-0.25, -0.2) is 0 Å². The average Bonchev–Trinajstić information content (AvgIpc) is 2.25. The predicted octanol–water partition coefficient (Wildman–Crippen LogP) is 1.90. The fourth-order valence-electron chi connectivity index (χ4n) is 2.27. The molecular formula is C14H17NO2. The van der Waals surface area contributed by atoms with Crippen LogP contribution in [0.5, 0.6) is 0 Å². The van der Waals surface area contributed by atoms with Crippen LogP contribution in [0.1, 0.15) is 29.5 Å². The van der Waals surface area contributed by atoms with Crippen molar-refractivity contribution in [1.29, 1.82) is 0 Å². The summed E-state index contributed by atoms with van der Waals surface area (Å²) in [4.78, 5) is 22.7. The molecule has 17 heavy (non-hydrogen) atoms. The van der Waals surface area contributed by atoms with Crippen molar-refractivity contribution in [3.63, 3.8) is 0 Å². The summed E-state index contributed by atoms with van der Waals surface area (Å²) < 4.78 is 0. The topological polar surface area (TPSA) is 46.2 Å². The molecule has 0 radical (unpaired) electrons. The molecule has 0 spiro atoms. The first-order valence-electron chi connectivity index (χ1n) is 5.96. The molecule has 1 heterocycles. The minimum atomic E-state index is -0.146. The van der Waals surface area contributed by atoms with Crippen LogP contribution in [0.2, 0.25) is 0 Å². The molecule has 0 saturated carbocycles. The van der Waals surface area contributed by atoms with Crippen molar-refractivity contribution in [3.05, 3.63) is 34.9 Å². The van der Waals surface area contributed by atoms with E-state index in [0.717, 1.165) is 6.42 Å². The Bertz CT molecular complexity index is 465. The number of carbonyl (C=O) groups excluding carboxylic acids is 2. The smallest absolute Gasteiger partial charge is 0.230 e. The van der Waals surface area contributed by atoms with Gasteiger partial charge in [0.15, 0.2) is 0 Å². The van der Waals surface area contributed by atoms with Gasteiger partial charge in [-0.1, -0.05) is 23.8 Å². The summed E-state index contributed by atoms with van der Waals surface area (Å²) in [6.07, 6.45) is 1.85. The van der Waals surface area contributed by atoms with Crippen LogP contribution < -0.4 is 5.32 Å². The Balaban J connectivity index is 2.10. The van der Waals surface area contributed by atoms with E-state index < -0.39 is 0 Å². The van der Waals surface area contributed by atoms with Gasteiger partial charge in [-0.2, -0.15) is 0 Å². The van der Waals surface area contributed by atoms with E-state index in [9.17, 15) is 9.59 Å². The first-order chi connectivity index (χ1) is 8.06. The summed E-state index contributed by atoms with van der Waals surface area (Å²) >= 11 is 0. The second-order valence-corrected chi connectivity index (χ2v) is 4.78. The third-order valence-corrected chi connectivity index (χ3v) is 3.32. The zero-order valence-electron chi connectivity index (χ0n) is 10.2. The summed E-state index contributed by atoms with van der Waals surface area (Å²) in [5.74, 6) is -0.331. The fourth-order valence-corrected chi connectivity index (χ4v) is 2.27. The molecule has 2 amide bonds. The number of nitrogens with one attached hydrogen (secondary N) is 1. The van der Waals surface area contributed by atoms with E-state index in [1.54, 1.807) is 0 Å². The third kappa shape index (κ3) is 2.73. The molecule has 1 aliphatic heterocycles. The molecule has 1 saturated heterocycles. The van der Waals surface area contributed by atoms with Gasteiger partial charge in [-0.05, 0) is 37.8 Å². The first kappa shape index (κ1) is 11.8.